The molecule has 106 valence electrons. The fraction of sp³-hybridized carbons (Fsp3) is 0.500. The van der Waals surface area contributed by atoms with Crippen LogP contribution in [0.5, 0.6) is 0 Å². The molecule has 0 radical (unpaired) electrons. The van der Waals surface area contributed by atoms with Crippen LogP contribution < -0.4 is 10.2 Å². The zero-order valence-corrected chi connectivity index (χ0v) is 11.9. The molecule has 2 fully saturated rings. The number of amides is 2. The van der Waals surface area contributed by atoms with Crippen molar-refractivity contribution in [2.24, 2.45) is 11.8 Å². The summed E-state index contributed by atoms with van der Waals surface area (Å²) in [5.74, 6) is -0.116. The maximum Gasteiger partial charge on any atom is 0.237 e. The maximum atomic E-state index is 12.0. The van der Waals surface area contributed by atoms with Crippen LogP contribution in [0.4, 0.5) is 5.69 Å². The van der Waals surface area contributed by atoms with Crippen LogP contribution >= 0.6 is 0 Å². The molecule has 1 aromatic carbocycles. The molecule has 2 amide bonds. The monoisotopic (exact) mass is 272 g/mol. The first-order chi connectivity index (χ1) is 9.63. The van der Waals surface area contributed by atoms with E-state index in [9.17, 15) is 9.59 Å². The van der Waals surface area contributed by atoms with E-state index >= 15 is 0 Å². The Kier molecular flexibility index (Phi) is 3.34. The summed E-state index contributed by atoms with van der Waals surface area (Å²) in [6.45, 7) is 5.24. The minimum atomic E-state index is -0.0349. The first-order valence-corrected chi connectivity index (χ1v) is 7.34. The van der Waals surface area contributed by atoms with E-state index in [1.165, 1.54) is 10.5 Å². The fourth-order valence-corrected chi connectivity index (χ4v) is 2.83. The quantitative estimate of drug-likeness (QED) is 0.836. The van der Waals surface area contributed by atoms with Gasteiger partial charge in [0.2, 0.25) is 11.8 Å². The first kappa shape index (κ1) is 13.3. The molecule has 3 atom stereocenters. The minimum Gasteiger partial charge on any atom is -0.310 e. The molecule has 1 aromatic rings. The zero-order valence-electron chi connectivity index (χ0n) is 11.9. The molecule has 0 spiro atoms. The standard InChI is InChI=1S/C16H20N2O2/c1-3-8-17-10(2)11-4-6-12(7-5-11)18-15(19)13-9-14(13)16(18)20/h4-7,10,13-14,17H,3,8-9H2,1-2H3. The van der Waals surface area contributed by atoms with Gasteiger partial charge in [-0.2, -0.15) is 0 Å². The molecule has 4 heteroatoms. The third kappa shape index (κ3) is 2.14. The van der Waals surface area contributed by atoms with Gasteiger partial charge in [-0.25, -0.2) is 0 Å². The van der Waals surface area contributed by atoms with Crippen molar-refractivity contribution in [2.75, 3.05) is 11.4 Å². The highest BCUT2D eigenvalue weighted by molar-refractivity contribution is 6.24. The molecule has 1 aliphatic carbocycles. The second-order valence-electron chi connectivity index (χ2n) is 5.73. The topological polar surface area (TPSA) is 49.4 Å². The number of nitrogens with zero attached hydrogens (tertiary/aromatic N) is 1. The number of benzene rings is 1. The van der Waals surface area contributed by atoms with Gasteiger partial charge in [-0.15, -0.1) is 0 Å². The number of rotatable bonds is 5. The second-order valence-corrected chi connectivity index (χ2v) is 5.73. The summed E-state index contributed by atoms with van der Waals surface area (Å²) >= 11 is 0. The molecule has 1 aliphatic heterocycles. The van der Waals surface area contributed by atoms with E-state index in [0.29, 0.717) is 5.69 Å². The number of piperidine rings is 1. The average Bonchev–Trinajstić information content (AvgIpc) is 3.21. The van der Waals surface area contributed by atoms with Crippen molar-refractivity contribution in [3.8, 4) is 0 Å². The molecular weight excluding hydrogens is 252 g/mol. The summed E-state index contributed by atoms with van der Waals surface area (Å²) in [5, 5.41) is 3.42. The number of carbonyl (C=O) groups excluding carboxylic acids is 2. The number of carbonyl (C=O) groups is 2. The van der Waals surface area contributed by atoms with Gasteiger partial charge in [-0.1, -0.05) is 19.1 Å². The van der Waals surface area contributed by atoms with E-state index in [1.54, 1.807) is 0 Å². The Bertz CT molecular complexity index is 518. The van der Waals surface area contributed by atoms with Crippen LogP contribution in [0.15, 0.2) is 24.3 Å². The van der Waals surface area contributed by atoms with Gasteiger partial charge >= 0.3 is 0 Å². The van der Waals surface area contributed by atoms with Crippen LogP contribution in [0.2, 0.25) is 0 Å². The molecule has 0 bridgehead atoms. The van der Waals surface area contributed by atoms with Crippen LogP contribution in [0.3, 0.4) is 0 Å². The molecule has 1 saturated heterocycles. The van der Waals surface area contributed by atoms with Crippen LogP contribution in [0, 0.1) is 11.8 Å². The van der Waals surface area contributed by atoms with Crippen LogP contribution in [0.25, 0.3) is 0 Å². The van der Waals surface area contributed by atoms with Crippen molar-refractivity contribution in [2.45, 2.75) is 32.7 Å². The predicted molar refractivity (Wildman–Crippen MR) is 77.2 cm³/mol. The van der Waals surface area contributed by atoms with Crippen LogP contribution in [-0.4, -0.2) is 18.4 Å². The number of fused-ring (bicyclic) bond motifs is 1. The summed E-state index contributed by atoms with van der Waals surface area (Å²) in [6.07, 6.45) is 1.85. The van der Waals surface area contributed by atoms with Crippen molar-refractivity contribution in [1.29, 1.82) is 0 Å². The summed E-state index contributed by atoms with van der Waals surface area (Å²) in [6, 6.07) is 8.02. The van der Waals surface area contributed by atoms with Gasteiger partial charge in [-0.3, -0.25) is 14.5 Å². The molecule has 0 aromatic heterocycles. The van der Waals surface area contributed by atoms with Gasteiger partial charge in [-0.05, 0) is 44.0 Å². The highest BCUT2D eigenvalue weighted by atomic mass is 16.2. The Balaban J connectivity index is 1.73. The van der Waals surface area contributed by atoms with E-state index in [1.807, 2.05) is 24.3 Å². The van der Waals surface area contributed by atoms with Gasteiger partial charge in [0.25, 0.3) is 0 Å². The number of hydrogen-bond donors (Lipinski definition) is 1. The zero-order chi connectivity index (χ0) is 14.3. The van der Waals surface area contributed by atoms with E-state index < -0.39 is 0 Å². The van der Waals surface area contributed by atoms with E-state index in [0.717, 1.165) is 19.4 Å². The Hall–Kier alpha value is -1.68. The Morgan fingerprint density at radius 1 is 1.20 bits per heavy atom. The van der Waals surface area contributed by atoms with Crippen molar-refractivity contribution >= 4 is 17.5 Å². The predicted octanol–water partition coefficient (Wildman–Crippen LogP) is 2.26. The van der Waals surface area contributed by atoms with Crippen molar-refractivity contribution in [3.05, 3.63) is 29.8 Å². The lowest BCUT2D eigenvalue weighted by Gasteiger charge is -2.18. The second kappa shape index (κ2) is 5.02. The van der Waals surface area contributed by atoms with E-state index in [-0.39, 0.29) is 29.7 Å². The normalized spacial score (nSPS) is 25.8. The molecule has 1 N–H and O–H groups in total. The Morgan fingerprint density at radius 2 is 1.80 bits per heavy atom. The lowest BCUT2D eigenvalue weighted by molar-refractivity contribution is -0.123. The lowest BCUT2D eigenvalue weighted by Crippen LogP contribution is -2.32. The molecule has 1 heterocycles. The molecule has 20 heavy (non-hydrogen) atoms. The van der Waals surface area contributed by atoms with Crippen molar-refractivity contribution in [1.82, 2.24) is 5.32 Å². The highest BCUT2D eigenvalue weighted by Crippen LogP contribution is 2.48. The van der Waals surface area contributed by atoms with Crippen molar-refractivity contribution < 1.29 is 9.59 Å². The molecule has 2 aliphatic rings. The lowest BCUT2D eigenvalue weighted by atomic mass is 10.1. The molecular formula is C16H20N2O2. The van der Waals surface area contributed by atoms with Crippen molar-refractivity contribution in [3.63, 3.8) is 0 Å². The molecule has 1 saturated carbocycles. The minimum absolute atomic E-state index is 0.0232. The number of nitrogens with one attached hydrogen (secondary N) is 1. The van der Waals surface area contributed by atoms with Crippen LogP contribution in [0.1, 0.15) is 38.3 Å². The third-order valence-corrected chi connectivity index (χ3v) is 4.22. The van der Waals surface area contributed by atoms with Gasteiger partial charge < -0.3 is 5.32 Å². The molecule has 3 unspecified atom stereocenters. The number of imide groups is 1. The van der Waals surface area contributed by atoms with E-state index in [2.05, 4.69) is 19.2 Å². The van der Waals surface area contributed by atoms with E-state index in [4.69, 9.17) is 0 Å². The number of anilines is 1. The summed E-state index contributed by atoms with van der Waals surface area (Å²) in [4.78, 5) is 25.4. The van der Waals surface area contributed by atoms with Gasteiger partial charge in [0.15, 0.2) is 0 Å². The summed E-state index contributed by atoms with van der Waals surface area (Å²) in [7, 11) is 0. The maximum absolute atomic E-state index is 12.0. The SMILES string of the molecule is CCCNC(C)c1ccc(N2C(=O)C3CC3C2=O)cc1. The summed E-state index contributed by atoms with van der Waals surface area (Å²) < 4.78 is 0. The number of hydrogen-bond acceptors (Lipinski definition) is 3. The van der Waals surface area contributed by atoms with Gasteiger partial charge in [0.1, 0.15) is 0 Å². The highest BCUT2D eigenvalue weighted by Gasteiger charge is 2.59. The third-order valence-electron chi connectivity index (χ3n) is 4.22. The van der Waals surface area contributed by atoms with Gasteiger partial charge in [0.05, 0.1) is 17.5 Å². The average molecular weight is 272 g/mol. The van der Waals surface area contributed by atoms with Crippen LogP contribution in [-0.2, 0) is 9.59 Å². The molecule has 4 nitrogen and oxygen atoms in total. The van der Waals surface area contributed by atoms with Gasteiger partial charge in [0, 0.05) is 6.04 Å². The Labute approximate surface area is 119 Å². The Morgan fingerprint density at radius 3 is 2.35 bits per heavy atom. The molecule has 3 rings (SSSR count). The first-order valence-electron chi connectivity index (χ1n) is 7.34. The smallest absolute Gasteiger partial charge is 0.237 e. The summed E-state index contributed by atoms with van der Waals surface area (Å²) in [5.41, 5.74) is 1.88. The largest absolute Gasteiger partial charge is 0.310 e. The fourth-order valence-electron chi connectivity index (χ4n) is 2.83.